The fourth-order valence-corrected chi connectivity index (χ4v) is 2.44. The van der Waals surface area contributed by atoms with Crippen molar-refractivity contribution in [2.75, 3.05) is 19.6 Å². The van der Waals surface area contributed by atoms with Gasteiger partial charge >= 0.3 is 6.18 Å². The topological polar surface area (TPSA) is 46.3 Å². The summed E-state index contributed by atoms with van der Waals surface area (Å²) >= 11 is 5.85. The molecule has 1 aromatic carbocycles. The highest BCUT2D eigenvalue weighted by Gasteiger charge is 2.33. The summed E-state index contributed by atoms with van der Waals surface area (Å²) in [5, 5.41) is 0.0270. The van der Waals surface area contributed by atoms with Crippen molar-refractivity contribution in [3.63, 3.8) is 0 Å². The zero-order chi connectivity index (χ0) is 14.9. The molecule has 0 spiro atoms. The minimum atomic E-state index is -4.50. The minimum absolute atomic E-state index is 0.0270. The van der Waals surface area contributed by atoms with E-state index in [-0.39, 0.29) is 16.5 Å². The van der Waals surface area contributed by atoms with Crippen LogP contribution in [0.5, 0.6) is 0 Å². The predicted octanol–water partition coefficient (Wildman–Crippen LogP) is 2.78. The lowest BCUT2D eigenvalue weighted by Gasteiger charge is -2.18. The number of carbonyl (C=O) groups excluding carboxylic acids is 1. The molecule has 7 heteroatoms. The summed E-state index contributed by atoms with van der Waals surface area (Å²) in [4.78, 5) is 13.7. The van der Waals surface area contributed by atoms with Crippen LogP contribution in [0.4, 0.5) is 13.2 Å². The minimum Gasteiger partial charge on any atom is -0.338 e. The third kappa shape index (κ3) is 3.07. The molecule has 0 aliphatic carbocycles. The number of halogens is 4. The zero-order valence-corrected chi connectivity index (χ0v) is 11.3. The van der Waals surface area contributed by atoms with E-state index in [2.05, 4.69) is 0 Å². The number of amides is 1. The third-order valence-corrected chi connectivity index (χ3v) is 3.76. The Morgan fingerprint density at radius 2 is 2.15 bits per heavy atom. The molecule has 0 radical (unpaired) electrons. The van der Waals surface area contributed by atoms with Crippen molar-refractivity contribution >= 4 is 17.5 Å². The first-order valence-electron chi connectivity index (χ1n) is 6.19. The van der Waals surface area contributed by atoms with Crippen LogP contribution in [0.1, 0.15) is 22.3 Å². The normalized spacial score (nSPS) is 19.4. The van der Waals surface area contributed by atoms with Gasteiger partial charge in [0.05, 0.1) is 16.1 Å². The van der Waals surface area contributed by atoms with Crippen molar-refractivity contribution in [2.24, 2.45) is 11.7 Å². The Morgan fingerprint density at radius 1 is 1.45 bits per heavy atom. The standard InChI is InChI=1S/C13H14ClF3N2O/c14-11-2-1-9(13(15,16)17)5-10(11)12(20)19-4-3-8(6-18)7-19/h1-2,5,8H,3-4,6-7,18H2. The maximum Gasteiger partial charge on any atom is 0.416 e. The predicted molar refractivity (Wildman–Crippen MR) is 69.5 cm³/mol. The molecule has 20 heavy (non-hydrogen) atoms. The summed E-state index contributed by atoms with van der Waals surface area (Å²) in [5.74, 6) is -0.277. The van der Waals surface area contributed by atoms with E-state index in [4.69, 9.17) is 17.3 Å². The molecule has 2 rings (SSSR count). The summed E-state index contributed by atoms with van der Waals surface area (Å²) in [6.45, 7) is 1.41. The first-order valence-corrected chi connectivity index (χ1v) is 6.57. The fraction of sp³-hybridized carbons (Fsp3) is 0.462. The molecular weight excluding hydrogens is 293 g/mol. The molecule has 0 aromatic heterocycles. The second kappa shape index (κ2) is 5.61. The van der Waals surface area contributed by atoms with Crippen molar-refractivity contribution < 1.29 is 18.0 Å². The summed E-state index contributed by atoms with van der Waals surface area (Å²) in [6.07, 6.45) is -3.73. The van der Waals surface area contributed by atoms with Gasteiger partial charge < -0.3 is 10.6 Å². The molecule has 0 bridgehead atoms. The SMILES string of the molecule is NCC1CCN(C(=O)c2cc(C(F)(F)F)ccc2Cl)C1. The molecule has 1 aliphatic heterocycles. The average molecular weight is 307 g/mol. The smallest absolute Gasteiger partial charge is 0.338 e. The van der Waals surface area contributed by atoms with E-state index in [1.165, 1.54) is 4.90 Å². The van der Waals surface area contributed by atoms with E-state index in [9.17, 15) is 18.0 Å². The summed E-state index contributed by atoms with van der Waals surface area (Å²) in [6, 6.07) is 2.78. The summed E-state index contributed by atoms with van der Waals surface area (Å²) < 4.78 is 38.0. The van der Waals surface area contributed by atoms with Gasteiger partial charge in [-0.05, 0) is 37.1 Å². The maximum atomic E-state index is 12.7. The van der Waals surface area contributed by atoms with E-state index >= 15 is 0 Å². The third-order valence-electron chi connectivity index (χ3n) is 3.43. The van der Waals surface area contributed by atoms with E-state index in [0.29, 0.717) is 19.6 Å². The number of rotatable bonds is 2. The second-order valence-electron chi connectivity index (χ2n) is 4.83. The molecule has 0 saturated carbocycles. The number of hydrogen-bond donors (Lipinski definition) is 1. The van der Waals surface area contributed by atoms with Gasteiger partial charge in [0.1, 0.15) is 0 Å². The number of alkyl halides is 3. The van der Waals surface area contributed by atoms with E-state index < -0.39 is 17.6 Å². The van der Waals surface area contributed by atoms with Gasteiger partial charge in [0.2, 0.25) is 0 Å². The van der Waals surface area contributed by atoms with Gasteiger partial charge in [0.25, 0.3) is 5.91 Å². The van der Waals surface area contributed by atoms with Crippen LogP contribution in [0.25, 0.3) is 0 Å². The second-order valence-corrected chi connectivity index (χ2v) is 5.24. The van der Waals surface area contributed by atoms with Crippen molar-refractivity contribution in [1.82, 2.24) is 4.90 Å². The van der Waals surface area contributed by atoms with Crippen LogP contribution in [0.2, 0.25) is 5.02 Å². The molecule has 2 N–H and O–H groups in total. The van der Waals surface area contributed by atoms with Gasteiger partial charge in [0.15, 0.2) is 0 Å². The van der Waals surface area contributed by atoms with E-state index in [0.717, 1.165) is 24.6 Å². The van der Waals surface area contributed by atoms with Gasteiger partial charge in [-0.2, -0.15) is 13.2 Å². The van der Waals surface area contributed by atoms with Crippen LogP contribution in [-0.2, 0) is 6.18 Å². The highest BCUT2D eigenvalue weighted by atomic mass is 35.5. The monoisotopic (exact) mass is 306 g/mol. The van der Waals surface area contributed by atoms with Gasteiger partial charge in [-0.25, -0.2) is 0 Å². The number of nitrogens with two attached hydrogens (primary N) is 1. The van der Waals surface area contributed by atoms with Crippen LogP contribution in [-0.4, -0.2) is 30.4 Å². The summed E-state index contributed by atoms with van der Waals surface area (Å²) in [7, 11) is 0. The van der Waals surface area contributed by atoms with Crippen LogP contribution >= 0.6 is 11.6 Å². The zero-order valence-electron chi connectivity index (χ0n) is 10.6. The van der Waals surface area contributed by atoms with Gasteiger partial charge in [-0.15, -0.1) is 0 Å². The maximum absolute atomic E-state index is 12.7. The Labute approximate surface area is 119 Å². The number of carbonyl (C=O) groups is 1. The lowest BCUT2D eigenvalue weighted by Crippen LogP contribution is -2.30. The molecule has 1 fully saturated rings. The number of hydrogen-bond acceptors (Lipinski definition) is 2. The van der Waals surface area contributed by atoms with E-state index in [1.54, 1.807) is 0 Å². The van der Waals surface area contributed by atoms with Gasteiger partial charge in [-0.3, -0.25) is 4.79 Å². The molecule has 110 valence electrons. The largest absolute Gasteiger partial charge is 0.416 e. The lowest BCUT2D eigenvalue weighted by molar-refractivity contribution is -0.137. The van der Waals surface area contributed by atoms with Crippen molar-refractivity contribution in [3.05, 3.63) is 34.3 Å². The number of nitrogens with zero attached hydrogens (tertiary/aromatic N) is 1. The fourth-order valence-electron chi connectivity index (χ4n) is 2.25. The molecule has 1 aliphatic rings. The van der Waals surface area contributed by atoms with Crippen molar-refractivity contribution in [2.45, 2.75) is 12.6 Å². The Hall–Kier alpha value is -1.27. The first-order chi connectivity index (χ1) is 9.32. The highest BCUT2D eigenvalue weighted by molar-refractivity contribution is 6.33. The van der Waals surface area contributed by atoms with E-state index in [1.807, 2.05) is 0 Å². The molecular formula is C13H14ClF3N2O. The van der Waals surface area contributed by atoms with Crippen LogP contribution in [0.15, 0.2) is 18.2 Å². The Morgan fingerprint density at radius 3 is 2.70 bits per heavy atom. The lowest BCUT2D eigenvalue weighted by atomic mass is 10.1. The molecule has 1 aromatic rings. The van der Waals surface area contributed by atoms with Gasteiger partial charge in [0, 0.05) is 13.1 Å². The average Bonchev–Trinajstić information content (AvgIpc) is 2.86. The quantitative estimate of drug-likeness (QED) is 0.913. The molecule has 1 saturated heterocycles. The van der Waals surface area contributed by atoms with Crippen LogP contribution in [0.3, 0.4) is 0 Å². The number of benzene rings is 1. The Bertz CT molecular complexity index is 519. The molecule has 1 heterocycles. The van der Waals surface area contributed by atoms with Crippen molar-refractivity contribution in [1.29, 1.82) is 0 Å². The first kappa shape index (κ1) is 15.1. The Kier molecular flexibility index (Phi) is 4.25. The molecule has 1 unspecified atom stereocenters. The molecule has 1 amide bonds. The van der Waals surface area contributed by atoms with Crippen LogP contribution in [0, 0.1) is 5.92 Å². The Balaban J connectivity index is 2.26. The van der Waals surface area contributed by atoms with Gasteiger partial charge in [-0.1, -0.05) is 11.6 Å². The number of likely N-dealkylation sites (tertiary alicyclic amines) is 1. The summed E-state index contributed by atoms with van der Waals surface area (Å²) in [5.41, 5.74) is 4.55. The van der Waals surface area contributed by atoms with Crippen LogP contribution < -0.4 is 5.73 Å². The highest BCUT2D eigenvalue weighted by Crippen LogP contribution is 2.32. The van der Waals surface area contributed by atoms with Crippen molar-refractivity contribution in [3.8, 4) is 0 Å². The molecule has 1 atom stereocenters. The molecule has 3 nitrogen and oxygen atoms in total.